The molecule has 4 heteroatoms. The number of amides is 1. The molecule has 0 spiro atoms. The average Bonchev–Trinajstić information content (AvgIpc) is 3.28. The van der Waals surface area contributed by atoms with Gasteiger partial charge in [0, 0.05) is 24.2 Å². The Bertz CT molecular complexity index is 603. The molecule has 0 radical (unpaired) electrons. The summed E-state index contributed by atoms with van der Waals surface area (Å²) in [7, 11) is 0. The highest BCUT2D eigenvalue weighted by Crippen LogP contribution is 2.29. The molecule has 0 saturated heterocycles. The fourth-order valence-electron chi connectivity index (χ4n) is 2.38. The normalized spacial score (nSPS) is 14.6. The lowest BCUT2D eigenvalue weighted by Gasteiger charge is -2.21. The molecule has 1 aliphatic carbocycles. The third-order valence-corrected chi connectivity index (χ3v) is 3.45. The van der Waals surface area contributed by atoms with Crippen LogP contribution < -0.4 is 0 Å². The van der Waals surface area contributed by atoms with E-state index < -0.39 is 0 Å². The van der Waals surface area contributed by atoms with Gasteiger partial charge in [-0.25, -0.2) is 0 Å². The van der Waals surface area contributed by atoms with Crippen LogP contribution in [0.4, 0.5) is 0 Å². The molecule has 19 heavy (non-hydrogen) atoms. The SMILES string of the molecule is O=C(c1cccc2cccnc12)N(CCO)C1CC1. The third-order valence-electron chi connectivity index (χ3n) is 3.45. The first-order chi connectivity index (χ1) is 9.31. The summed E-state index contributed by atoms with van der Waals surface area (Å²) in [4.78, 5) is 18.7. The van der Waals surface area contributed by atoms with Crippen molar-refractivity contribution in [3.8, 4) is 0 Å². The van der Waals surface area contributed by atoms with Crippen molar-refractivity contribution in [3.05, 3.63) is 42.1 Å². The van der Waals surface area contributed by atoms with Gasteiger partial charge in [0.1, 0.15) is 0 Å². The Kier molecular flexibility index (Phi) is 3.17. The maximum Gasteiger partial charge on any atom is 0.256 e. The van der Waals surface area contributed by atoms with Crippen molar-refractivity contribution in [1.29, 1.82) is 0 Å². The number of carbonyl (C=O) groups is 1. The van der Waals surface area contributed by atoms with Crippen molar-refractivity contribution in [2.24, 2.45) is 0 Å². The average molecular weight is 256 g/mol. The van der Waals surface area contributed by atoms with Crippen molar-refractivity contribution in [1.82, 2.24) is 9.88 Å². The van der Waals surface area contributed by atoms with Crippen LogP contribution in [0.1, 0.15) is 23.2 Å². The molecular formula is C15H16N2O2. The van der Waals surface area contributed by atoms with Crippen LogP contribution in [0.2, 0.25) is 0 Å². The zero-order valence-electron chi connectivity index (χ0n) is 10.6. The van der Waals surface area contributed by atoms with Gasteiger partial charge in [-0.1, -0.05) is 18.2 Å². The Labute approximate surface area is 111 Å². The number of para-hydroxylation sites is 1. The first-order valence-electron chi connectivity index (χ1n) is 6.57. The minimum atomic E-state index is -0.0270. The molecule has 2 aromatic rings. The number of nitrogens with zero attached hydrogens (tertiary/aromatic N) is 2. The molecule has 1 aromatic carbocycles. The lowest BCUT2D eigenvalue weighted by molar-refractivity contribution is 0.0709. The summed E-state index contributed by atoms with van der Waals surface area (Å²) in [5, 5.41) is 10.1. The van der Waals surface area contributed by atoms with Gasteiger partial charge in [-0.2, -0.15) is 0 Å². The monoisotopic (exact) mass is 256 g/mol. The van der Waals surface area contributed by atoms with Gasteiger partial charge in [0.15, 0.2) is 0 Å². The molecule has 0 unspecified atom stereocenters. The molecule has 1 heterocycles. The van der Waals surface area contributed by atoms with Crippen LogP contribution in [-0.4, -0.2) is 40.1 Å². The summed E-state index contributed by atoms with van der Waals surface area (Å²) < 4.78 is 0. The molecule has 3 rings (SSSR count). The second-order valence-electron chi connectivity index (χ2n) is 4.83. The molecule has 1 aromatic heterocycles. The van der Waals surface area contributed by atoms with Crippen molar-refractivity contribution < 1.29 is 9.90 Å². The largest absolute Gasteiger partial charge is 0.395 e. The quantitative estimate of drug-likeness (QED) is 0.908. The fraction of sp³-hybridized carbons (Fsp3) is 0.333. The summed E-state index contributed by atoms with van der Waals surface area (Å²) in [5.41, 5.74) is 1.36. The highest BCUT2D eigenvalue weighted by molar-refractivity contribution is 6.05. The van der Waals surface area contributed by atoms with E-state index in [4.69, 9.17) is 5.11 Å². The zero-order chi connectivity index (χ0) is 13.2. The second-order valence-corrected chi connectivity index (χ2v) is 4.83. The van der Waals surface area contributed by atoms with Crippen LogP contribution in [0.3, 0.4) is 0 Å². The van der Waals surface area contributed by atoms with Gasteiger partial charge >= 0.3 is 0 Å². The van der Waals surface area contributed by atoms with E-state index in [0.717, 1.165) is 23.7 Å². The predicted octanol–water partition coefficient (Wildman–Crippen LogP) is 1.83. The molecule has 4 nitrogen and oxygen atoms in total. The van der Waals surface area contributed by atoms with E-state index in [9.17, 15) is 4.79 Å². The van der Waals surface area contributed by atoms with Crippen molar-refractivity contribution in [2.45, 2.75) is 18.9 Å². The first-order valence-corrected chi connectivity index (χ1v) is 6.57. The predicted molar refractivity (Wildman–Crippen MR) is 72.9 cm³/mol. The number of aliphatic hydroxyl groups is 1. The zero-order valence-corrected chi connectivity index (χ0v) is 10.6. The standard InChI is InChI=1S/C15H16N2O2/c18-10-9-17(12-6-7-12)15(19)13-5-1-3-11-4-2-8-16-14(11)13/h1-5,8,12,18H,6-7,9-10H2. The number of fused-ring (bicyclic) bond motifs is 1. The number of hydrogen-bond donors (Lipinski definition) is 1. The number of aromatic nitrogens is 1. The summed E-state index contributed by atoms with van der Waals surface area (Å²) in [6.45, 7) is 0.396. The van der Waals surface area contributed by atoms with E-state index in [1.165, 1.54) is 0 Å². The summed E-state index contributed by atoms with van der Waals surface area (Å²) in [6.07, 6.45) is 3.76. The Hall–Kier alpha value is -1.94. The molecule has 1 N–H and O–H groups in total. The van der Waals surface area contributed by atoms with Gasteiger partial charge in [0.25, 0.3) is 5.91 Å². The van der Waals surface area contributed by atoms with Crippen LogP contribution in [0.5, 0.6) is 0 Å². The van der Waals surface area contributed by atoms with Gasteiger partial charge < -0.3 is 10.0 Å². The topological polar surface area (TPSA) is 53.4 Å². The van der Waals surface area contributed by atoms with E-state index in [-0.39, 0.29) is 12.5 Å². The molecule has 0 aliphatic heterocycles. The number of rotatable bonds is 4. The van der Waals surface area contributed by atoms with Gasteiger partial charge in [-0.05, 0) is 25.0 Å². The molecule has 1 amide bonds. The van der Waals surface area contributed by atoms with Crippen molar-refractivity contribution >= 4 is 16.8 Å². The molecule has 1 aliphatic rings. The minimum absolute atomic E-state index is 0.000431. The smallest absolute Gasteiger partial charge is 0.256 e. The van der Waals surface area contributed by atoms with Gasteiger partial charge in [0.05, 0.1) is 17.7 Å². The van der Waals surface area contributed by atoms with E-state index in [0.29, 0.717) is 18.2 Å². The van der Waals surface area contributed by atoms with Crippen LogP contribution in [0.25, 0.3) is 10.9 Å². The third kappa shape index (κ3) is 2.31. The summed E-state index contributed by atoms with van der Waals surface area (Å²) in [5.74, 6) is -0.0270. The van der Waals surface area contributed by atoms with Crippen LogP contribution in [-0.2, 0) is 0 Å². The van der Waals surface area contributed by atoms with Gasteiger partial charge in [0.2, 0.25) is 0 Å². The van der Waals surface area contributed by atoms with Crippen molar-refractivity contribution in [2.75, 3.05) is 13.2 Å². The van der Waals surface area contributed by atoms with Crippen LogP contribution in [0, 0.1) is 0 Å². The Morgan fingerprint density at radius 1 is 1.32 bits per heavy atom. The van der Waals surface area contributed by atoms with Crippen LogP contribution in [0.15, 0.2) is 36.5 Å². The highest BCUT2D eigenvalue weighted by Gasteiger charge is 2.33. The van der Waals surface area contributed by atoms with E-state index >= 15 is 0 Å². The molecule has 98 valence electrons. The van der Waals surface area contributed by atoms with Crippen LogP contribution >= 0.6 is 0 Å². The maximum absolute atomic E-state index is 12.6. The van der Waals surface area contributed by atoms with Gasteiger partial charge in [-0.3, -0.25) is 9.78 Å². The van der Waals surface area contributed by atoms with E-state index in [1.807, 2.05) is 30.3 Å². The van der Waals surface area contributed by atoms with E-state index in [1.54, 1.807) is 11.1 Å². The fourth-order valence-corrected chi connectivity index (χ4v) is 2.38. The molecule has 1 saturated carbocycles. The number of aliphatic hydroxyl groups excluding tert-OH is 1. The van der Waals surface area contributed by atoms with E-state index in [2.05, 4.69) is 4.98 Å². The second kappa shape index (κ2) is 4.97. The Morgan fingerprint density at radius 2 is 2.11 bits per heavy atom. The Balaban J connectivity index is 2.00. The number of benzene rings is 1. The lowest BCUT2D eigenvalue weighted by Crippen LogP contribution is -2.35. The Morgan fingerprint density at radius 3 is 2.84 bits per heavy atom. The minimum Gasteiger partial charge on any atom is -0.395 e. The van der Waals surface area contributed by atoms with Gasteiger partial charge in [-0.15, -0.1) is 0 Å². The maximum atomic E-state index is 12.6. The summed E-state index contributed by atoms with van der Waals surface area (Å²) >= 11 is 0. The van der Waals surface area contributed by atoms with Crippen molar-refractivity contribution in [3.63, 3.8) is 0 Å². The number of hydrogen-bond acceptors (Lipinski definition) is 3. The lowest BCUT2D eigenvalue weighted by atomic mass is 10.1. The molecular weight excluding hydrogens is 240 g/mol. The molecule has 0 bridgehead atoms. The molecule has 0 atom stereocenters. The molecule has 1 fully saturated rings. The summed E-state index contributed by atoms with van der Waals surface area (Å²) in [6, 6.07) is 9.74. The first kappa shape index (κ1) is 12.1. The highest BCUT2D eigenvalue weighted by atomic mass is 16.3. The number of pyridine rings is 1. The number of carbonyl (C=O) groups excluding carboxylic acids is 1.